The summed E-state index contributed by atoms with van der Waals surface area (Å²) in [6.07, 6.45) is 2.45. The van der Waals surface area contributed by atoms with E-state index in [1.165, 1.54) is 13.3 Å². The number of methoxy groups -OCH3 is 1. The average Bonchev–Trinajstić information content (AvgIpc) is 2.52. The summed E-state index contributed by atoms with van der Waals surface area (Å²) >= 11 is 1.90. The number of halogens is 1. The summed E-state index contributed by atoms with van der Waals surface area (Å²) in [4.78, 5) is 27.2. The molecule has 0 fully saturated rings. The molecule has 0 bridgehead atoms. The number of ether oxygens (including phenoxy) is 1. The van der Waals surface area contributed by atoms with Crippen molar-refractivity contribution in [2.45, 2.75) is 0 Å². The first-order valence-corrected chi connectivity index (χ1v) is 8.89. The van der Waals surface area contributed by atoms with Crippen LogP contribution in [0.15, 0.2) is 28.2 Å². The number of aliphatic imine (C=N–C) groups is 1. The molecule has 0 aliphatic carbocycles. The fraction of sp³-hybridized carbons (Fsp3) is 0.167. The summed E-state index contributed by atoms with van der Waals surface area (Å²) in [5, 5.41) is 12.6. The van der Waals surface area contributed by atoms with Gasteiger partial charge in [0.1, 0.15) is 5.57 Å². The Morgan fingerprint density at radius 3 is 2.59 bits per heavy atom. The highest BCUT2D eigenvalue weighted by molar-refractivity contribution is 14.2. The van der Waals surface area contributed by atoms with Gasteiger partial charge in [-0.05, 0) is 20.1 Å². The van der Waals surface area contributed by atoms with Gasteiger partial charge in [0.2, 0.25) is 0 Å². The van der Waals surface area contributed by atoms with Crippen LogP contribution in [0.2, 0.25) is 0 Å². The van der Waals surface area contributed by atoms with Crippen LogP contribution < -0.4 is 16.8 Å². The van der Waals surface area contributed by atoms with Crippen molar-refractivity contribution in [3.8, 4) is 11.2 Å². The van der Waals surface area contributed by atoms with E-state index in [1.807, 2.05) is 21.2 Å². The zero-order valence-corrected chi connectivity index (χ0v) is 14.7. The molecule has 0 spiro atoms. The minimum absolute atomic E-state index is 0.214. The molecular weight excluding hydrogens is 421 g/mol. The van der Waals surface area contributed by atoms with Crippen molar-refractivity contribution in [3.05, 3.63) is 23.2 Å². The highest BCUT2D eigenvalue weighted by Gasteiger charge is 2.20. The highest BCUT2D eigenvalue weighted by Crippen LogP contribution is 2.09. The Morgan fingerprint density at radius 1 is 1.50 bits per heavy atom. The minimum Gasteiger partial charge on any atom is -0.464 e. The lowest BCUT2D eigenvalue weighted by molar-refractivity contribution is -0.132. The second-order valence-corrected chi connectivity index (χ2v) is 5.10. The van der Waals surface area contributed by atoms with Gasteiger partial charge in [-0.15, -0.1) is 0 Å². The monoisotopic (exact) mass is 435 g/mol. The largest absolute Gasteiger partial charge is 0.464 e. The van der Waals surface area contributed by atoms with Gasteiger partial charge >= 0.3 is 5.97 Å². The second-order valence-electron chi connectivity index (χ2n) is 3.42. The van der Waals surface area contributed by atoms with E-state index in [0.717, 1.165) is 22.2 Å². The van der Waals surface area contributed by atoms with Gasteiger partial charge < -0.3 is 21.5 Å². The molecule has 8 nitrogen and oxygen atoms in total. The van der Waals surface area contributed by atoms with E-state index in [1.54, 1.807) is 0 Å². The third-order valence-electron chi connectivity index (χ3n) is 2.08. The Hall–Kier alpha value is -2.00. The van der Waals surface area contributed by atoms with E-state index in [0.29, 0.717) is 0 Å². The second kappa shape index (κ2) is 10.7. The standard InChI is InChI=1S/C12H14IN5O3S/c1-17-6-7(5-14)18-11(19)8(3-4-22-13)9(15)10(16)12(20)21-2/h5-6,16H,14-15H2,1-2H3,(H,18,19)/b7-5?,9-8+,16-10?,17-6?. The van der Waals surface area contributed by atoms with Crippen LogP contribution in [0.25, 0.3) is 0 Å². The quantitative estimate of drug-likeness (QED) is 0.158. The Bertz CT molecular complexity index is 616. The summed E-state index contributed by atoms with van der Waals surface area (Å²) in [6.45, 7) is 0. The summed E-state index contributed by atoms with van der Waals surface area (Å²) in [6, 6.07) is 0. The summed E-state index contributed by atoms with van der Waals surface area (Å²) in [5.74, 6) is 0.790. The lowest BCUT2D eigenvalue weighted by atomic mass is 10.1. The Balaban J connectivity index is 5.68. The molecule has 6 N–H and O–H groups in total. The predicted octanol–water partition coefficient (Wildman–Crippen LogP) is 0.0530. The first kappa shape index (κ1) is 20.0. The maximum Gasteiger partial charge on any atom is 0.358 e. The molecule has 0 aromatic heterocycles. The van der Waals surface area contributed by atoms with Crippen molar-refractivity contribution in [3.63, 3.8) is 0 Å². The lowest BCUT2D eigenvalue weighted by Gasteiger charge is -2.08. The molecule has 0 saturated heterocycles. The predicted molar refractivity (Wildman–Crippen MR) is 95.2 cm³/mol. The van der Waals surface area contributed by atoms with E-state index < -0.39 is 23.3 Å². The van der Waals surface area contributed by atoms with E-state index in [2.05, 4.69) is 26.2 Å². The number of carbonyl (C=O) groups is 2. The van der Waals surface area contributed by atoms with Crippen LogP contribution in [0.4, 0.5) is 0 Å². The molecule has 0 saturated carbocycles. The van der Waals surface area contributed by atoms with E-state index in [-0.39, 0.29) is 11.3 Å². The van der Waals surface area contributed by atoms with Crippen molar-refractivity contribution < 1.29 is 14.3 Å². The van der Waals surface area contributed by atoms with Crippen molar-refractivity contribution in [1.82, 2.24) is 5.32 Å². The summed E-state index contributed by atoms with van der Waals surface area (Å²) in [7, 11) is 3.71. The molecule has 0 unspecified atom stereocenters. The Morgan fingerprint density at radius 2 is 2.14 bits per heavy atom. The molecule has 0 rings (SSSR count). The van der Waals surface area contributed by atoms with Gasteiger partial charge in [-0.25, -0.2) is 4.79 Å². The zero-order valence-electron chi connectivity index (χ0n) is 11.8. The smallest absolute Gasteiger partial charge is 0.358 e. The van der Waals surface area contributed by atoms with E-state index >= 15 is 0 Å². The van der Waals surface area contributed by atoms with Crippen LogP contribution in [0.1, 0.15) is 0 Å². The Kier molecular flexibility index (Phi) is 9.72. The number of nitrogens with one attached hydrogen (secondary N) is 2. The third kappa shape index (κ3) is 6.19. The van der Waals surface area contributed by atoms with Crippen molar-refractivity contribution in [2.24, 2.45) is 16.5 Å². The zero-order chi connectivity index (χ0) is 17.1. The van der Waals surface area contributed by atoms with E-state index in [9.17, 15) is 9.59 Å². The maximum absolute atomic E-state index is 12.2. The molecule has 22 heavy (non-hydrogen) atoms. The van der Waals surface area contributed by atoms with Gasteiger partial charge in [-0.2, -0.15) is 0 Å². The van der Waals surface area contributed by atoms with Gasteiger partial charge in [-0.3, -0.25) is 15.2 Å². The van der Waals surface area contributed by atoms with Gasteiger partial charge in [0.15, 0.2) is 5.71 Å². The number of esters is 1. The van der Waals surface area contributed by atoms with Gasteiger partial charge in [-0.1, -0.05) is 0 Å². The molecule has 0 radical (unpaired) electrons. The van der Waals surface area contributed by atoms with Crippen LogP contribution in [0.5, 0.6) is 0 Å². The lowest BCUT2D eigenvalue weighted by Crippen LogP contribution is -2.31. The molecule has 0 aliphatic rings. The molecule has 0 aromatic carbocycles. The molecule has 0 aliphatic heterocycles. The molecule has 0 aromatic rings. The number of rotatable bonds is 5. The number of hydrogen-bond donors (Lipinski definition) is 4. The number of nitrogens with zero attached hydrogens (tertiary/aromatic N) is 1. The fourth-order valence-electron chi connectivity index (χ4n) is 1.10. The number of hydrogen-bond acceptors (Lipinski definition) is 8. The average molecular weight is 435 g/mol. The normalized spacial score (nSPS) is 12.0. The van der Waals surface area contributed by atoms with Crippen molar-refractivity contribution >= 4 is 53.9 Å². The van der Waals surface area contributed by atoms with E-state index in [4.69, 9.17) is 16.9 Å². The number of amides is 1. The number of carbonyl (C=O) groups excluding carboxylic acids is 2. The number of allylic oxidation sites excluding steroid dienone is 1. The van der Waals surface area contributed by atoms with Gasteiger partial charge in [0.05, 0.1) is 18.5 Å². The van der Waals surface area contributed by atoms with Crippen LogP contribution >= 0.6 is 30.1 Å². The SMILES string of the molecule is CN=CC(=CN)NC(=O)/C(C#CSI)=C(/N)C(=N)C(=O)OC. The van der Waals surface area contributed by atoms with Crippen molar-refractivity contribution in [2.75, 3.05) is 14.2 Å². The Labute approximate surface area is 143 Å². The first-order valence-electron chi connectivity index (χ1n) is 5.53. The van der Waals surface area contributed by atoms with Crippen LogP contribution in [0.3, 0.4) is 0 Å². The topological polar surface area (TPSA) is 144 Å². The maximum atomic E-state index is 12.2. The molecule has 0 heterocycles. The first-order chi connectivity index (χ1) is 10.4. The molecular formula is C12H14IN5O3S. The minimum atomic E-state index is -0.976. The van der Waals surface area contributed by atoms with Gasteiger partial charge in [0, 0.05) is 40.7 Å². The van der Waals surface area contributed by atoms with Crippen LogP contribution in [-0.4, -0.2) is 38.0 Å². The molecule has 1 amide bonds. The summed E-state index contributed by atoms with van der Waals surface area (Å²) in [5.41, 5.74) is 9.91. The molecule has 118 valence electrons. The molecule has 0 atom stereocenters. The highest BCUT2D eigenvalue weighted by atomic mass is 127. The van der Waals surface area contributed by atoms with Gasteiger partial charge in [0.25, 0.3) is 5.91 Å². The third-order valence-corrected chi connectivity index (χ3v) is 2.92. The van der Waals surface area contributed by atoms with Crippen LogP contribution in [0, 0.1) is 16.6 Å². The van der Waals surface area contributed by atoms with Crippen LogP contribution in [-0.2, 0) is 14.3 Å². The summed E-state index contributed by atoms with van der Waals surface area (Å²) < 4.78 is 4.39. The number of nitrogens with two attached hydrogens (primary N) is 2. The van der Waals surface area contributed by atoms with Crippen molar-refractivity contribution in [1.29, 1.82) is 5.41 Å². The molecule has 10 heteroatoms. The fourth-order valence-corrected chi connectivity index (χ4v) is 1.57.